The van der Waals surface area contributed by atoms with Gasteiger partial charge in [-0.2, -0.15) is 10.5 Å². The van der Waals surface area contributed by atoms with Crippen LogP contribution in [0.25, 0.3) is 11.1 Å². The van der Waals surface area contributed by atoms with E-state index >= 15 is 0 Å². The van der Waals surface area contributed by atoms with E-state index in [4.69, 9.17) is 0 Å². The van der Waals surface area contributed by atoms with Crippen molar-refractivity contribution in [1.82, 2.24) is 0 Å². The monoisotopic (exact) mass is 248 g/mol. The van der Waals surface area contributed by atoms with Crippen LogP contribution in [0.15, 0.2) is 30.3 Å². The Hall–Kier alpha value is -2.78. The molecule has 0 aliphatic carbocycles. The van der Waals surface area contributed by atoms with Gasteiger partial charge in [0.25, 0.3) is 0 Å². The van der Waals surface area contributed by atoms with Crippen molar-refractivity contribution in [2.75, 3.05) is 0 Å². The predicted octanol–water partition coefficient (Wildman–Crippen LogP) is 3.42. The maximum Gasteiger partial charge on any atom is 0.134 e. The summed E-state index contributed by atoms with van der Waals surface area (Å²) >= 11 is 0. The molecule has 3 nitrogen and oxygen atoms in total. The van der Waals surface area contributed by atoms with Gasteiger partial charge in [-0.15, -0.1) is 0 Å². The number of phenols is 1. The Balaban J connectivity index is 2.85. The lowest BCUT2D eigenvalue weighted by atomic mass is 9.92. The number of hydrogen-bond acceptors (Lipinski definition) is 3. The van der Waals surface area contributed by atoms with E-state index in [0.717, 1.165) is 16.7 Å². The van der Waals surface area contributed by atoms with E-state index in [9.17, 15) is 15.6 Å². The van der Waals surface area contributed by atoms with Crippen LogP contribution in [0.5, 0.6) is 5.75 Å². The van der Waals surface area contributed by atoms with E-state index in [1.165, 1.54) is 12.1 Å². The lowest BCUT2D eigenvalue weighted by Gasteiger charge is -2.10. The molecule has 0 saturated heterocycles. The predicted molar refractivity (Wildman–Crippen MR) is 72.4 cm³/mol. The first-order valence-corrected chi connectivity index (χ1v) is 5.81. The Kier molecular flexibility index (Phi) is 3.23. The van der Waals surface area contributed by atoms with E-state index in [2.05, 4.69) is 6.07 Å². The molecule has 2 aromatic carbocycles. The maximum absolute atomic E-state index is 9.78. The molecule has 2 aromatic rings. The zero-order valence-electron chi connectivity index (χ0n) is 10.7. The Morgan fingerprint density at radius 2 is 1.58 bits per heavy atom. The average molecular weight is 248 g/mol. The van der Waals surface area contributed by atoms with Crippen molar-refractivity contribution in [3.8, 4) is 29.0 Å². The summed E-state index contributed by atoms with van der Waals surface area (Å²) in [5, 5.41) is 28.2. The lowest BCUT2D eigenvalue weighted by Crippen LogP contribution is -1.92. The molecule has 0 heterocycles. The highest BCUT2D eigenvalue weighted by Crippen LogP contribution is 2.33. The van der Waals surface area contributed by atoms with Crippen LogP contribution in [0.3, 0.4) is 0 Å². The van der Waals surface area contributed by atoms with Gasteiger partial charge in [-0.3, -0.25) is 0 Å². The first-order valence-electron chi connectivity index (χ1n) is 5.81. The van der Waals surface area contributed by atoms with E-state index in [0.29, 0.717) is 11.1 Å². The Bertz CT molecular complexity index is 713. The molecule has 0 aromatic heterocycles. The van der Waals surface area contributed by atoms with Crippen molar-refractivity contribution in [2.24, 2.45) is 0 Å². The van der Waals surface area contributed by atoms with Crippen LogP contribution in [0.1, 0.15) is 22.3 Å². The molecule has 0 saturated carbocycles. The number of benzene rings is 2. The summed E-state index contributed by atoms with van der Waals surface area (Å²) in [6.07, 6.45) is 0. The second-order valence-electron chi connectivity index (χ2n) is 4.48. The van der Waals surface area contributed by atoms with Crippen LogP contribution in [0.4, 0.5) is 0 Å². The van der Waals surface area contributed by atoms with Crippen LogP contribution in [0.2, 0.25) is 0 Å². The number of rotatable bonds is 1. The van der Waals surface area contributed by atoms with Gasteiger partial charge in [-0.25, -0.2) is 0 Å². The first kappa shape index (κ1) is 12.7. The zero-order chi connectivity index (χ0) is 14.0. The largest absolute Gasteiger partial charge is 0.507 e. The number of aromatic hydroxyl groups is 1. The van der Waals surface area contributed by atoms with E-state index < -0.39 is 0 Å². The molecule has 0 aliphatic heterocycles. The van der Waals surface area contributed by atoms with Crippen molar-refractivity contribution in [1.29, 1.82) is 10.5 Å². The van der Waals surface area contributed by atoms with Crippen molar-refractivity contribution in [3.05, 3.63) is 52.6 Å². The van der Waals surface area contributed by atoms with Gasteiger partial charge in [-0.05, 0) is 31.5 Å². The molecular weight excluding hydrogens is 236 g/mol. The van der Waals surface area contributed by atoms with Crippen molar-refractivity contribution < 1.29 is 5.11 Å². The van der Waals surface area contributed by atoms with Crippen molar-refractivity contribution in [3.63, 3.8) is 0 Å². The molecule has 3 heteroatoms. The second-order valence-corrected chi connectivity index (χ2v) is 4.48. The summed E-state index contributed by atoms with van der Waals surface area (Å²) in [6, 6.07) is 12.8. The number of nitriles is 2. The standard InChI is InChI=1S/C16H12N2O/c1-10-5-11(2)7-13(6-10)16-12(8-17)3-4-15(19)14(16)9-18/h3-7,19H,1-2H3. The van der Waals surface area contributed by atoms with Crippen LogP contribution in [0, 0.1) is 36.5 Å². The maximum atomic E-state index is 9.78. The first-order chi connectivity index (χ1) is 9.06. The van der Waals surface area contributed by atoms with Gasteiger partial charge >= 0.3 is 0 Å². The molecule has 0 aliphatic rings. The average Bonchev–Trinajstić information content (AvgIpc) is 2.37. The van der Waals surface area contributed by atoms with Crippen LogP contribution in [-0.2, 0) is 0 Å². The SMILES string of the molecule is Cc1cc(C)cc(-c2c(C#N)ccc(O)c2C#N)c1. The minimum atomic E-state index is -0.101. The fourth-order valence-electron chi connectivity index (χ4n) is 2.22. The summed E-state index contributed by atoms with van der Waals surface area (Å²) in [6.45, 7) is 3.91. The summed E-state index contributed by atoms with van der Waals surface area (Å²) in [7, 11) is 0. The third kappa shape index (κ3) is 2.27. The van der Waals surface area contributed by atoms with Gasteiger partial charge in [0.05, 0.1) is 11.6 Å². The number of phenolic OH excluding ortho intramolecular Hbond substituents is 1. The van der Waals surface area contributed by atoms with Gasteiger partial charge in [-0.1, -0.05) is 29.3 Å². The normalized spacial score (nSPS) is 9.68. The number of nitrogens with zero attached hydrogens (tertiary/aromatic N) is 2. The molecule has 0 atom stereocenters. The fraction of sp³-hybridized carbons (Fsp3) is 0.125. The third-order valence-electron chi connectivity index (χ3n) is 2.93. The molecule has 0 fully saturated rings. The molecule has 0 radical (unpaired) electrons. The molecule has 2 rings (SSSR count). The van der Waals surface area contributed by atoms with E-state index in [-0.39, 0.29) is 11.3 Å². The number of hydrogen-bond donors (Lipinski definition) is 1. The van der Waals surface area contributed by atoms with E-state index in [1.54, 1.807) is 0 Å². The van der Waals surface area contributed by atoms with Gasteiger partial charge in [0.2, 0.25) is 0 Å². The van der Waals surface area contributed by atoms with Crippen molar-refractivity contribution in [2.45, 2.75) is 13.8 Å². The summed E-state index contributed by atoms with van der Waals surface area (Å²) in [5.74, 6) is -0.101. The molecule has 19 heavy (non-hydrogen) atoms. The highest BCUT2D eigenvalue weighted by molar-refractivity contribution is 5.79. The second kappa shape index (κ2) is 4.84. The minimum Gasteiger partial charge on any atom is -0.507 e. The van der Waals surface area contributed by atoms with Gasteiger partial charge in [0.15, 0.2) is 0 Å². The molecule has 0 unspecified atom stereocenters. The topological polar surface area (TPSA) is 67.8 Å². The Labute approximate surface area is 112 Å². The van der Waals surface area contributed by atoms with Crippen LogP contribution >= 0.6 is 0 Å². The molecule has 0 amide bonds. The van der Waals surface area contributed by atoms with Crippen LogP contribution in [-0.4, -0.2) is 5.11 Å². The van der Waals surface area contributed by atoms with Crippen molar-refractivity contribution >= 4 is 0 Å². The highest BCUT2D eigenvalue weighted by Gasteiger charge is 2.15. The quantitative estimate of drug-likeness (QED) is 0.840. The lowest BCUT2D eigenvalue weighted by molar-refractivity contribution is 0.474. The number of aryl methyl sites for hydroxylation is 2. The Morgan fingerprint density at radius 1 is 0.947 bits per heavy atom. The molecular formula is C16H12N2O. The van der Waals surface area contributed by atoms with Crippen LogP contribution < -0.4 is 0 Å². The fourth-order valence-corrected chi connectivity index (χ4v) is 2.22. The Morgan fingerprint density at radius 3 is 2.11 bits per heavy atom. The minimum absolute atomic E-state index is 0.101. The van der Waals surface area contributed by atoms with Gasteiger partial charge < -0.3 is 5.11 Å². The molecule has 0 spiro atoms. The van der Waals surface area contributed by atoms with E-state index in [1.807, 2.05) is 38.1 Å². The molecule has 1 N–H and O–H groups in total. The summed E-state index contributed by atoms with van der Waals surface area (Å²) < 4.78 is 0. The highest BCUT2D eigenvalue weighted by atomic mass is 16.3. The van der Waals surface area contributed by atoms with Gasteiger partial charge in [0, 0.05) is 5.56 Å². The molecule has 92 valence electrons. The summed E-state index contributed by atoms with van der Waals surface area (Å²) in [5.41, 5.74) is 3.90. The van der Waals surface area contributed by atoms with Gasteiger partial charge in [0.1, 0.15) is 17.4 Å². The third-order valence-corrected chi connectivity index (χ3v) is 2.93. The molecule has 0 bridgehead atoms. The zero-order valence-corrected chi connectivity index (χ0v) is 10.7. The summed E-state index contributed by atoms with van der Waals surface area (Å²) in [4.78, 5) is 0. The smallest absolute Gasteiger partial charge is 0.134 e.